The molecule has 0 radical (unpaired) electrons. The van der Waals surface area contributed by atoms with Crippen LogP contribution in [0.25, 0.3) is 11.3 Å². The summed E-state index contributed by atoms with van der Waals surface area (Å²) in [6, 6.07) is 6.56. The van der Waals surface area contributed by atoms with Gasteiger partial charge in [0.1, 0.15) is 5.69 Å². The Morgan fingerprint density at radius 2 is 2.00 bits per heavy atom. The lowest BCUT2D eigenvalue weighted by Gasteiger charge is -2.16. The molecule has 0 spiro atoms. The molecule has 0 bridgehead atoms. The molecule has 1 aliphatic carbocycles. The minimum Gasteiger partial charge on any atom is -0.296 e. The molecule has 0 atom stereocenters. The number of hydrogen-bond donors (Lipinski definition) is 1. The molecule has 1 amide bonds. The summed E-state index contributed by atoms with van der Waals surface area (Å²) in [5.41, 5.74) is 5.16. The molecule has 0 saturated carbocycles. The van der Waals surface area contributed by atoms with E-state index in [4.69, 9.17) is 0 Å². The topological polar surface area (TPSA) is 67.8 Å². The molecular formula is C18H16N4OS. The summed E-state index contributed by atoms with van der Waals surface area (Å²) in [5.74, 6) is -0.297. The van der Waals surface area contributed by atoms with Crippen LogP contribution in [0.3, 0.4) is 0 Å². The number of aromatic nitrogens is 3. The van der Waals surface area contributed by atoms with Gasteiger partial charge < -0.3 is 0 Å². The van der Waals surface area contributed by atoms with Gasteiger partial charge in [0, 0.05) is 23.3 Å². The van der Waals surface area contributed by atoms with Gasteiger partial charge in [-0.2, -0.15) is 0 Å². The van der Waals surface area contributed by atoms with Gasteiger partial charge in [-0.25, -0.2) is 9.97 Å². The third-order valence-corrected chi connectivity index (χ3v) is 4.92. The minimum absolute atomic E-state index is 0.281. The Kier molecular flexibility index (Phi) is 4.04. The third kappa shape index (κ3) is 3.05. The van der Waals surface area contributed by atoms with E-state index in [9.17, 15) is 4.79 Å². The number of carbonyl (C=O) groups excluding carboxylic acids is 1. The van der Waals surface area contributed by atoms with Crippen LogP contribution in [0.15, 0.2) is 42.2 Å². The van der Waals surface area contributed by atoms with Crippen LogP contribution in [-0.2, 0) is 12.8 Å². The standard InChI is InChI=1S/C18H16N4OS/c23-17(15-10-19-7-8-20-15)22-18-21-16(11-24-18)14-6-5-12-3-1-2-4-13(12)9-14/h5-11H,1-4H2,(H,21,22,23). The maximum atomic E-state index is 12.1. The fourth-order valence-corrected chi connectivity index (χ4v) is 3.65. The molecule has 4 rings (SSSR count). The highest BCUT2D eigenvalue weighted by molar-refractivity contribution is 7.14. The second kappa shape index (κ2) is 6.49. The summed E-state index contributed by atoms with van der Waals surface area (Å²) in [7, 11) is 0. The molecule has 1 N–H and O–H groups in total. The smallest absolute Gasteiger partial charge is 0.277 e. The van der Waals surface area contributed by atoms with Crippen molar-refractivity contribution in [2.45, 2.75) is 25.7 Å². The number of anilines is 1. The first kappa shape index (κ1) is 15.0. The molecule has 5 nitrogen and oxygen atoms in total. The lowest BCUT2D eigenvalue weighted by molar-refractivity contribution is 0.102. The normalized spacial score (nSPS) is 13.3. The van der Waals surface area contributed by atoms with Gasteiger partial charge in [0.05, 0.1) is 11.9 Å². The number of aryl methyl sites for hydroxylation is 2. The quantitative estimate of drug-likeness (QED) is 0.791. The average molecular weight is 336 g/mol. The molecule has 2 aromatic heterocycles. The van der Waals surface area contributed by atoms with Gasteiger partial charge in [-0.3, -0.25) is 15.1 Å². The molecule has 1 aliphatic rings. The van der Waals surface area contributed by atoms with E-state index in [2.05, 4.69) is 38.5 Å². The second-order valence-electron chi connectivity index (χ2n) is 5.77. The van der Waals surface area contributed by atoms with Crippen LogP contribution >= 0.6 is 11.3 Å². The van der Waals surface area contributed by atoms with Gasteiger partial charge in [0.2, 0.25) is 0 Å². The highest BCUT2D eigenvalue weighted by atomic mass is 32.1. The molecule has 2 heterocycles. The van der Waals surface area contributed by atoms with Crippen LogP contribution < -0.4 is 5.32 Å². The lowest BCUT2D eigenvalue weighted by Crippen LogP contribution is -2.13. The van der Waals surface area contributed by atoms with E-state index in [1.54, 1.807) is 0 Å². The number of nitrogens with zero attached hydrogens (tertiary/aromatic N) is 3. The van der Waals surface area contributed by atoms with Crippen molar-refractivity contribution >= 4 is 22.4 Å². The Morgan fingerprint density at radius 1 is 1.12 bits per heavy atom. The van der Waals surface area contributed by atoms with Crippen molar-refractivity contribution in [3.8, 4) is 11.3 Å². The first-order chi connectivity index (χ1) is 11.8. The summed E-state index contributed by atoms with van der Waals surface area (Å²) in [6.45, 7) is 0. The third-order valence-electron chi connectivity index (χ3n) is 4.16. The monoisotopic (exact) mass is 336 g/mol. The van der Waals surface area contributed by atoms with Crippen LogP contribution in [0.5, 0.6) is 0 Å². The van der Waals surface area contributed by atoms with E-state index in [1.807, 2.05) is 5.38 Å². The molecule has 3 aromatic rings. The highest BCUT2D eigenvalue weighted by Gasteiger charge is 2.13. The Morgan fingerprint density at radius 3 is 2.83 bits per heavy atom. The average Bonchev–Trinajstić information content (AvgIpc) is 3.10. The maximum Gasteiger partial charge on any atom is 0.277 e. The molecule has 1 aromatic carbocycles. The van der Waals surface area contributed by atoms with Gasteiger partial charge in [0.15, 0.2) is 5.13 Å². The number of nitrogens with one attached hydrogen (secondary N) is 1. The van der Waals surface area contributed by atoms with Gasteiger partial charge >= 0.3 is 0 Å². The van der Waals surface area contributed by atoms with Crippen LogP contribution in [0, 0.1) is 0 Å². The van der Waals surface area contributed by atoms with Crippen molar-refractivity contribution in [3.63, 3.8) is 0 Å². The maximum absolute atomic E-state index is 12.1. The fraction of sp³-hybridized carbons (Fsp3) is 0.222. The zero-order chi connectivity index (χ0) is 16.4. The molecule has 0 aliphatic heterocycles. The number of thiazole rings is 1. The summed E-state index contributed by atoms with van der Waals surface area (Å²) < 4.78 is 0. The molecule has 0 fully saturated rings. The van der Waals surface area contributed by atoms with Crippen molar-refractivity contribution in [2.75, 3.05) is 5.32 Å². The number of benzene rings is 1. The summed E-state index contributed by atoms with van der Waals surface area (Å²) in [5, 5.41) is 5.31. The zero-order valence-electron chi connectivity index (χ0n) is 13.0. The van der Waals surface area contributed by atoms with E-state index in [0.717, 1.165) is 17.7 Å². The number of carbonyl (C=O) groups is 1. The highest BCUT2D eigenvalue weighted by Crippen LogP contribution is 2.29. The number of rotatable bonds is 3. The van der Waals surface area contributed by atoms with E-state index < -0.39 is 0 Å². The first-order valence-electron chi connectivity index (χ1n) is 7.95. The van der Waals surface area contributed by atoms with Crippen LogP contribution in [0.2, 0.25) is 0 Å². The van der Waals surface area contributed by atoms with E-state index in [-0.39, 0.29) is 11.6 Å². The first-order valence-corrected chi connectivity index (χ1v) is 8.82. The van der Waals surface area contributed by atoms with Gasteiger partial charge in [-0.05, 0) is 42.9 Å². The fourth-order valence-electron chi connectivity index (χ4n) is 2.93. The SMILES string of the molecule is O=C(Nc1nc(-c2ccc3c(c2)CCCC3)cs1)c1cnccn1. The van der Waals surface area contributed by atoms with E-state index in [1.165, 1.54) is 60.3 Å². The minimum atomic E-state index is -0.297. The molecular weight excluding hydrogens is 320 g/mol. The van der Waals surface area contributed by atoms with Crippen LogP contribution in [0.1, 0.15) is 34.5 Å². The Balaban J connectivity index is 1.53. The largest absolute Gasteiger partial charge is 0.296 e. The van der Waals surface area contributed by atoms with Gasteiger partial charge in [-0.1, -0.05) is 12.1 Å². The number of fused-ring (bicyclic) bond motifs is 1. The summed E-state index contributed by atoms with van der Waals surface area (Å²) in [6.07, 6.45) is 9.32. The predicted molar refractivity (Wildman–Crippen MR) is 94.2 cm³/mol. The number of amides is 1. The van der Waals surface area contributed by atoms with Gasteiger partial charge in [0.25, 0.3) is 5.91 Å². The Bertz CT molecular complexity index is 876. The molecule has 0 saturated heterocycles. The predicted octanol–water partition coefficient (Wildman–Crippen LogP) is 3.73. The van der Waals surface area contributed by atoms with Crippen molar-refractivity contribution in [3.05, 3.63) is 59.0 Å². The van der Waals surface area contributed by atoms with Crippen molar-refractivity contribution in [1.82, 2.24) is 15.0 Å². The molecule has 6 heteroatoms. The summed E-state index contributed by atoms with van der Waals surface area (Å²) in [4.78, 5) is 24.5. The molecule has 24 heavy (non-hydrogen) atoms. The van der Waals surface area contributed by atoms with Gasteiger partial charge in [-0.15, -0.1) is 11.3 Å². The Labute approximate surface area is 143 Å². The number of hydrogen-bond acceptors (Lipinski definition) is 5. The van der Waals surface area contributed by atoms with Crippen LogP contribution in [0.4, 0.5) is 5.13 Å². The van der Waals surface area contributed by atoms with E-state index in [0.29, 0.717) is 5.13 Å². The lowest BCUT2D eigenvalue weighted by atomic mass is 9.90. The van der Waals surface area contributed by atoms with Crippen LogP contribution in [-0.4, -0.2) is 20.9 Å². The summed E-state index contributed by atoms with van der Waals surface area (Å²) >= 11 is 1.41. The second-order valence-corrected chi connectivity index (χ2v) is 6.63. The molecule has 120 valence electrons. The van der Waals surface area contributed by atoms with Crippen molar-refractivity contribution in [2.24, 2.45) is 0 Å². The van der Waals surface area contributed by atoms with Crippen molar-refractivity contribution < 1.29 is 4.79 Å². The Hall–Kier alpha value is -2.60. The molecule has 0 unspecified atom stereocenters. The van der Waals surface area contributed by atoms with E-state index >= 15 is 0 Å². The zero-order valence-corrected chi connectivity index (χ0v) is 13.8. The van der Waals surface area contributed by atoms with Crippen molar-refractivity contribution in [1.29, 1.82) is 0 Å².